The molecular formula is C11H7Cl3F6O. The Morgan fingerprint density at radius 3 is 1.81 bits per heavy atom. The average molecular weight is 376 g/mol. The van der Waals surface area contributed by atoms with Gasteiger partial charge in [0, 0.05) is 11.1 Å². The van der Waals surface area contributed by atoms with Crippen molar-refractivity contribution < 1.29 is 31.1 Å². The van der Waals surface area contributed by atoms with E-state index in [0.29, 0.717) is 0 Å². The zero-order valence-corrected chi connectivity index (χ0v) is 12.4. The lowest BCUT2D eigenvalue weighted by atomic mass is 9.97. The van der Waals surface area contributed by atoms with Gasteiger partial charge < -0.3 is 4.74 Å². The summed E-state index contributed by atoms with van der Waals surface area (Å²) in [6.45, 7) is 0. The first-order valence-corrected chi connectivity index (χ1v) is 6.39. The Balaban J connectivity index is 3.34. The Labute approximate surface area is 130 Å². The highest BCUT2D eigenvalue weighted by Crippen LogP contribution is 2.51. The van der Waals surface area contributed by atoms with Crippen LogP contribution in [0.5, 0.6) is 5.75 Å². The molecular weight excluding hydrogens is 368 g/mol. The molecule has 0 N–H and O–H groups in total. The molecule has 0 aromatic heterocycles. The van der Waals surface area contributed by atoms with E-state index in [-0.39, 0.29) is 10.8 Å². The number of benzene rings is 1. The van der Waals surface area contributed by atoms with E-state index in [1.54, 1.807) is 0 Å². The summed E-state index contributed by atoms with van der Waals surface area (Å²) >= 11 is 16.7. The zero-order chi connectivity index (χ0) is 16.6. The lowest BCUT2D eigenvalue weighted by Crippen LogP contribution is -2.39. The molecule has 1 aromatic carbocycles. The van der Waals surface area contributed by atoms with Crippen molar-refractivity contribution in [2.45, 2.75) is 17.7 Å². The Hall–Kier alpha value is -0.530. The number of halogens is 9. The first kappa shape index (κ1) is 18.5. The molecule has 120 valence electrons. The molecule has 1 unspecified atom stereocenters. The third-order valence-electron chi connectivity index (χ3n) is 2.57. The molecule has 1 atom stereocenters. The van der Waals surface area contributed by atoms with Gasteiger partial charge >= 0.3 is 12.4 Å². The standard InChI is InChI=1S/C11H7Cl3F6O/c1-21-7-3-5(12)4(2-6(7)13)8(14)9(10(15,16)17)11(18,19)20/h2-3,8-9H,1H3. The van der Waals surface area contributed by atoms with Gasteiger partial charge in [-0.25, -0.2) is 0 Å². The van der Waals surface area contributed by atoms with Gasteiger partial charge in [-0.05, 0) is 11.6 Å². The van der Waals surface area contributed by atoms with E-state index in [0.717, 1.165) is 12.1 Å². The minimum Gasteiger partial charge on any atom is -0.495 e. The molecule has 21 heavy (non-hydrogen) atoms. The predicted octanol–water partition coefficient (Wildman–Crippen LogP) is 6.02. The molecule has 1 aromatic rings. The van der Waals surface area contributed by atoms with Gasteiger partial charge in [0.1, 0.15) is 5.75 Å². The molecule has 0 saturated carbocycles. The van der Waals surface area contributed by atoms with Gasteiger partial charge in [0.15, 0.2) is 5.92 Å². The lowest BCUT2D eigenvalue weighted by molar-refractivity contribution is -0.284. The molecule has 0 fully saturated rings. The van der Waals surface area contributed by atoms with E-state index in [2.05, 4.69) is 0 Å². The Kier molecular flexibility index (Phi) is 5.56. The van der Waals surface area contributed by atoms with Gasteiger partial charge in [0.2, 0.25) is 0 Å². The van der Waals surface area contributed by atoms with Crippen molar-refractivity contribution in [1.29, 1.82) is 0 Å². The van der Waals surface area contributed by atoms with Crippen LogP contribution in [0.1, 0.15) is 10.9 Å². The molecule has 0 spiro atoms. The van der Waals surface area contributed by atoms with Crippen LogP contribution in [0, 0.1) is 5.92 Å². The third kappa shape index (κ3) is 4.23. The molecule has 0 aliphatic carbocycles. The van der Waals surface area contributed by atoms with Crippen LogP contribution in [0.2, 0.25) is 10.0 Å². The number of rotatable bonds is 3. The van der Waals surface area contributed by atoms with Gasteiger partial charge in [-0.3, -0.25) is 0 Å². The van der Waals surface area contributed by atoms with Crippen LogP contribution in [-0.4, -0.2) is 19.5 Å². The Bertz CT molecular complexity index is 500. The van der Waals surface area contributed by atoms with Crippen LogP contribution in [0.25, 0.3) is 0 Å². The molecule has 1 rings (SSSR count). The molecule has 10 heteroatoms. The summed E-state index contributed by atoms with van der Waals surface area (Å²) in [4.78, 5) is 0. The first-order chi connectivity index (χ1) is 9.39. The van der Waals surface area contributed by atoms with Crippen molar-refractivity contribution in [3.63, 3.8) is 0 Å². The summed E-state index contributed by atoms with van der Waals surface area (Å²) in [6, 6.07) is 1.82. The monoisotopic (exact) mass is 374 g/mol. The molecule has 1 nitrogen and oxygen atoms in total. The highest BCUT2D eigenvalue weighted by Gasteiger charge is 2.60. The average Bonchev–Trinajstić information content (AvgIpc) is 2.27. The molecule has 0 aliphatic heterocycles. The molecule has 0 amide bonds. The van der Waals surface area contributed by atoms with E-state index in [4.69, 9.17) is 39.5 Å². The fourth-order valence-corrected chi connectivity index (χ4v) is 2.65. The van der Waals surface area contributed by atoms with E-state index in [1.807, 2.05) is 0 Å². The maximum Gasteiger partial charge on any atom is 0.402 e. The van der Waals surface area contributed by atoms with Crippen LogP contribution in [0.15, 0.2) is 12.1 Å². The van der Waals surface area contributed by atoms with Gasteiger partial charge in [0.05, 0.1) is 17.5 Å². The summed E-state index contributed by atoms with van der Waals surface area (Å²) in [6.07, 6.45) is -11.2. The first-order valence-electron chi connectivity index (χ1n) is 5.20. The second kappa shape index (κ2) is 6.30. The van der Waals surface area contributed by atoms with Gasteiger partial charge in [0.25, 0.3) is 0 Å². The van der Waals surface area contributed by atoms with Crippen LogP contribution in [-0.2, 0) is 0 Å². The van der Waals surface area contributed by atoms with E-state index >= 15 is 0 Å². The fraction of sp³-hybridized carbons (Fsp3) is 0.455. The summed E-state index contributed by atoms with van der Waals surface area (Å²) in [5, 5.41) is -3.08. The van der Waals surface area contributed by atoms with Crippen LogP contribution in [0.4, 0.5) is 26.3 Å². The summed E-state index contributed by atoms with van der Waals surface area (Å²) < 4.78 is 80.5. The van der Waals surface area contributed by atoms with Crippen LogP contribution >= 0.6 is 34.8 Å². The number of ether oxygens (including phenoxy) is 1. The number of methoxy groups -OCH3 is 1. The highest BCUT2D eigenvalue weighted by atomic mass is 35.5. The Morgan fingerprint density at radius 1 is 0.952 bits per heavy atom. The maximum absolute atomic E-state index is 12.6. The number of hydrogen-bond acceptors (Lipinski definition) is 1. The summed E-state index contributed by atoms with van der Waals surface area (Å²) in [5.41, 5.74) is -0.580. The molecule has 0 radical (unpaired) electrons. The Morgan fingerprint density at radius 2 is 1.43 bits per heavy atom. The largest absolute Gasteiger partial charge is 0.495 e. The van der Waals surface area contributed by atoms with E-state index < -0.39 is 34.2 Å². The molecule has 0 bridgehead atoms. The predicted molar refractivity (Wildman–Crippen MR) is 67.2 cm³/mol. The van der Waals surface area contributed by atoms with Crippen LogP contribution < -0.4 is 4.74 Å². The van der Waals surface area contributed by atoms with E-state index in [9.17, 15) is 26.3 Å². The van der Waals surface area contributed by atoms with Crippen LogP contribution in [0.3, 0.4) is 0 Å². The number of hydrogen-bond donors (Lipinski definition) is 0. The molecule has 0 heterocycles. The normalized spacial score (nSPS) is 14.4. The van der Waals surface area contributed by atoms with Crippen molar-refractivity contribution in [3.8, 4) is 5.75 Å². The van der Waals surface area contributed by atoms with Crippen molar-refractivity contribution in [1.82, 2.24) is 0 Å². The topological polar surface area (TPSA) is 9.23 Å². The lowest BCUT2D eigenvalue weighted by Gasteiger charge is -2.27. The second-order valence-electron chi connectivity index (χ2n) is 3.97. The van der Waals surface area contributed by atoms with Crippen molar-refractivity contribution in [2.75, 3.05) is 7.11 Å². The van der Waals surface area contributed by atoms with Crippen molar-refractivity contribution in [3.05, 3.63) is 27.7 Å². The maximum atomic E-state index is 12.6. The van der Waals surface area contributed by atoms with Gasteiger partial charge in [-0.15, -0.1) is 11.6 Å². The molecule has 0 aliphatic rings. The second-order valence-corrected chi connectivity index (χ2v) is 5.26. The summed E-state index contributed by atoms with van der Waals surface area (Å²) in [5.74, 6) is -3.77. The summed E-state index contributed by atoms with van der Waals surface area (Å²) in [7, 11) is 1.21. The van der Waals surface area contributed by atoms with Crippen molar-refractivity contribution in [2.24, 2.45) is 5.92 Å². The smallest absolute Gasteiger partial charge is 0.402 e. The minimum absolute atomic E-state index is 0.00449. The van der Waals surface area contributed by atoms with Crippen molar-refractivity contribution >= 4 is 34.8 Å². The SMILES string of the molecule is COc1cc(Cl)c(C(Cl)C(C(F)(F)F)C(F)(F)F)cc1Cl. The fourth-order valence-electron chi connectivity index (χ4n) is 1.61. The number of alkyl halides is 7. The zero-order valence-electron chi connectivity index (χ0n) is 10.1. The third-order valence-corrected chi connectivity index (χ3v) is 3.68. The van der Waals surface area contributed by atoms with E-state index in [1.165, 1.54) is 7.11 Å². The van der Waals surface area contributed by atoms with Gasteiger partial charge in [-0.2, -0.15) is 26.3 Å². The quantitative estimate of drug-likeness (QED) is 0.463. The highest BCUT2D eigenvalue weighted by molar-refractivity contribution is 6.35. The minimum atomic E-state index is -5.58. The van der Waals surface area contributed by atoms with Gasteiger partial charge in [-0.1, -0.05) is 23.2 Å². The molecule has 0 saturated heterocycles.